The monoisotopic (exact) mass is 247 g/mol. The summed E-state index contributed by atoms with van der Waals surface area (Å²) in [6.07, 6.45) is 0.892. The Labute approximate surface area is 99.4 Å². The lowest BCUT2D eigenvalue weighted by Crippen LogP contribution is -2.16. The molecule has 2 nitrogen and oxygen atoms in total. The van der Waals surface area contributed by atoms with Crippen molar-refractivity contribution in [3.8, 4) is 5.75 Å². The first-order valence-electron chi connectivity index (χ1n) is 5.02. The number of hydrogen-bond acceptors (Lipinski definition) is 3. The molecule has 0 radical (unpaired) electrons. The van der Waals surface area contributed by atoms with E-state index in [1.165, 1.54) is 7.11 Å². The molecule has 0 saturated heterocycles. The molecule has 0 heterocycles. The first-order chi connectivity index (χ1) is 7.69. The van der Waals surface area contributed by atoms with Crippen LogP contribution in [0.5, 0.6) is 5.75 Å². The van der Waals surface area contributed by atoms with Gasteiger partial charge < -0.3 is 10.1 Å². The van der Waals surface area contributed by atoms with Crippen LogP contribution in [0.15, 0.2) is 12.1 Å². The maximum absolute atomic E-state index is 13.4. The van der Waals surface area contributed by atoms with Gasteiger partial charge in [0.05, 0.1) is 7.11 Å². The highest BCUT2D eigenvalue weighted by atomic mass is 32.1. The molecule has 0 atom stereocenters. The van der Waals surface area contributed by atoms with Gasteiger partial charge in [-0.25, -0.2) is 8.78 Å². The van der Waals surface area contributed by atoms with Gasteiger partial charge in [0.2, 0.25) is 0 Å². The predicted octanol–water partition coefficient (Wildman–Crippen LogP) is 2.38. The van der Waals surface area contributed by atoms with Gasteiger partial charge in [-0.05, 0) is 24.8 Å². The van der Waals surface area contributed by atoms with E-state index < -0.39 is 11.6 Å². The summed E-state index contributed by atoms with van der Waals surface area (Å²) < 4.78 is 31.4. The van der Waals surface area contributed by atoms with Crippen LogP contribution in [0.3, 0.4) is 0 Å². The number of thiol groups is 1. The Morgan fingerprint density at radius 2 is 2.06 bits per heavy atom. The van der Waals surface area contributed by atoms with Gasteiger partial charge in [0, 0.05) is 18.2 Å². The Hall–Kier alpha value is -0.810. The van der Waals surface area contributed by atoms with Gasteiger partial charge in [0.15, 0.2) is 11.6 Å². The van der Waals surface area contributed by atoms with E-state index in [1.807, 2.05) is 0 Å². The molecule has 16 heavy (non-hydrogen) atoms. The second-order valence-electron chi connectivity index (χ2n) is 3.33. The number of hydrogen-bond donors (Lipinski definition) is 2. The fraction of sp³-hybridized carbons (Fsp3) is 0.455. The van der Waals surface area contributed by atoms with Crippen molar-refractivity contribution in [3.05, 3.63) is 29.3 Å². The van der Waals surface area contributed by atoms with Gasteiger partial charge in [-0.2, -0.15) is 12.6 Å². The fourth-order valence-corrected chi connectivity index (χ4v) is 1.45. The Morgan fingerprint density at radius 1 is 1.31 bits per heavy atom. The van der Waals surface area contributed by atoms with E-state index in [4.69, 9.17) is 0 Å². The molecule has 0 amide bonds. The minimum atomic E-state index is -0.546. The van der Waals surface area contributed by atoms with Crippen molar-refractivity contribution in [2.75, 3.05) is 19.4 Å². The zero-order chi connectivity index (χ0) is 12.0. The Morgan fingerprint density at radius 3 is 2.69 bits per heavy atom. The maximum atomic E-state index is 13.4. The summed E-state index contributed by atoms with van der Waals surface area (Å²) in [6.45, 7) is 1.04. The Balaban J connectivity index is 2.63. The van der Waals surface area contributed by atoms with Gasteiger partial charge in [0.25, 0.3) is 0 Å². The highest BCUT2D eigenvalue weighted by molar-refractivity contribution is 7.80. The molecule has 0 aromatic heterocycles. The first kappa shape index (κ1) is 13.3. The molecule has 0 fully saturated rings. The smallest absolute Gasteiger partial charge is 0.165 e. The first-order valence-corrected chi connectivity index (χ1v) is 5.65. The van der Waals surface area contributed by atoms with Crippen molar-refractivity contribution in [3.63, 3.8) is 0 Å². The summed E-state index contributed by atoms with van der Waals surface area (Å²) in [5.74, 6) is -0.310. The highest BCUT2D eigenvalue weighted by Gasteiger charge is 2.09. The average molecular weight is 247 g/mol. The molecule has 0 aliphatic heterocycles. The number of halogens is 2. The van der Waals surface area contributed by atoms with E-state index in [2.05, 4.69) is 22.7 Å². The Bertz CT molecular complexity index is 347. The number of nitrogens with one attached hydrogen (secondary N) is 1. The maximum Gasteiger partial charge on any atom is 0.165 e. The Kier molecular flexibility index (Phi) is 5.55. The molecule has 0 unspecified atom stereocenters. The van der Waals surface area contributed by atoms with E-state index in [-0.39, 0.29) is 5.75 Å². The average Bonchev–Trinajstić information content (AvgIpc) is 2.28. The summed E-state index contributed by atoms with van der Waals surface area (Å²) in [4.78, 5) is 0. The van der Waals surface area contributed by atoms with Crippen molar-refractivity contribution in [2.24, 2.45) is 0 Å². The van der Waals surface area contributed by atoms with Crippen LogP contribution < -0.4 is 10.1 Å². The van der Waals surface area contributed by atoms with E-state index in [9.17, 15) is 8.78 Å². The van der Waals surface area contributed by atoms with Crippen LogP contribution in [-0.4, -0.2) is 19.4 Å². The van der Waals surface area contributed by atoms with Crippen molar-refractivity contribution in [2.45, 2.75) is 13.0 Å². The van der Waals surface area contributed by atoms with Gasteiger partial charge in [-0.15, -0.1) is 0 Å². The summed E-state index contributed by atoms with van der Waals surface area (Å²) >= 11 is 4.05. The molecule has 1 rings (SSSR count). The number of benzene rings is 1. The zero-order valence-corrected chi connectivity index (χ0v) is 9.99. The van der Waals surface area contributed by atoms with Crippen LogP contribution in [0.2, 0.25) is 0 Å². The summed E-state index contributed by atoms with van der Waals surface area (Å²) in [5, 5.41) is 3.01. The minimum absolute atomic E-state index is 0.0726. The molecule has 0 aliphatic carbocycles. The lowest BCUT2D eigenvalue weighted by atomic mass is 10.2. The van der Waals surface area contributed by atoms with Crippen molar-refractivity contribution in [1.82, 2.24) is 5.32 Å². The SMILES string of the molecule is COc1cc(F)c(CNCCCS)cc1F. The summed E-state index contributed by atoms with van der Waals surface area (Å²) in [7, 11) is 1.31. The van der Waals surface area contributed by atoms with E-state index in [0.29, 0.717) is 12.1 Å². The molecular weight excluding hydrogens is 232 g/mol. The third-order valence-electron chi connectivity index (χ3n) is 2.15. The van der Waals surface area contributed by atoms with Crippen molar-refractivity contribution in [1.29, 1.82) is 0 Å². The fourth-order valence-electron chi connectivity index (χ4n) is 1.29. The molecule has 0 spiro atoms. The quantitative estimate of drug-likeness (QED) is 0.595. The molecule has 0 aliphatic rings. The summed E-state index contributed by atoms with van der Waals surface area (Å²) in [5.41, 5.74) is 0.303. The minimum Gasteiger partial charge on any atom is -0.494 e. The third-order valence-corrected chi connectivity index (χ3v) is 2.46. The van der Waals surface area contributed by atoms with Gasteiger partial charge in [-0.1, -0.05) is 0 Å². The van der Waals surface area contributed by atoms with Crippen LogP contribution in [0.25, 0.3) is 0 Å². The molecule has 1 N–H and O–H groups in total. The molecule has 1 aromatic carbocycles. The van der Waals surface area contributed by atoms with E-state index in [1.54, 1.807) is 0 Å². The molecule has 5 heteroatoms. The third kappa shape index (κ3) is 3.64. The predicted molar refractivity (Wildman–Crippen MR) is 63.1 cm³/mol. The number of methoxy groups -OCH3 is 1. The van der Waals surface area contributed by atoms with E-state index >= 15 is 0 Å². The van der Waals surface area contributed by atoms with Crippen molar-refractivity contribution < 1.29 is 13.5 Å². The van der Waals surface area contributed by atoms with Gasteiger partial charge in [0.1, 0.15) is 5.82 Å². The second-order valence-corrected chi connectivity index (χ2v) is 3.78. The summed E-state index contributed by atoms with van der Waals surface area (Å²) in [6, 6.07) is 2.22. The van der Waals surface area contributed by atoms with Crippen LogP contribution in [0.4, 0.5) is 8.78 Å². The normalized spacial score (nSPS) is 10.5. The number of ether oxygens (including phenoxy) is 1. The van der Waals surface area contributed by atoms with Crippen LogP contribution in [0.1, 0.15) is 12.0 Å². The molecule has 90 valence electrons. The van der Waals surface area contributed by atoms with Crippen LogP contribution in [-0.2, 0) is 6.54 Å². The lowest BCUT2D eigenvalue weighted by Gasteiger charge is -2.08. The number of rotatable bonds is 6. The zero-order valence-electron chi connectivity index (χ0n) is 9.09. The van der Waals surface area contributed by atoms with E-state index in [0.717, 1.165) is 30.9 Å². The molecule has 1 aromatic rings. The standard InChI is InChI=1S/C11H15F2NOS/c1-15-11-6-9(12)8(5-10(11)13)7-14-3-2-4-16/h5-6,14,16H,2-4,7H2,1H3. The lowest BCUT2D eigenvalue weighted by molar-refractivity contribution is 0.381. The van der Waals surface area contributed by atoms with Crippen LogP contribution >= 0.6 is 12.6 Å². The van der Waals surface area contributed by atoms with Crippen molar-refractivity contribution >= 4 is 12.6 Å². The van der Waals surface area contributed by atoms with Gasteiger partial charge in [-0.3, -0.25) is 0 Å². The molecule has 0 saturated carbocycles. The highest BCUT2D eigenvalue weighted by Crippen LogP contribution is 2.20. The molecule has 0 bridgehead atoms. The van der Waals surface area contributed by atoms with Crippen LogP contribution in [0, 0.1) is 11.6 Å². The topological polar surface area (TPSA) is 21.3 Å². The second kappa shape index (κ2) is 6.70. The molecular formula is C11H15F2NOS. The largest absolute Gasteiger partial charge is 0.494 e. The van der Waals surface area contributed by atoms with Gasteiger partial charge >= 0.3 is 0 Å².